The van der Waals surface area contributed by atoms with Crippen LogP contribution in [0.1, 0.15) is 32.6 Å². The highest BCUT2D eigenvalue weighted by molar-refractivity contribution is 7.11. The number of anilines is 2. The van der Waals surface area contributed by atoms with Gasteiger partial charge < -0.3 is 20.9 Å². The van der Waals surface area contributed by atoms with Crippen LogP contribution in [0.4, 0.5) is 10.8 Å². The zero-order chi connectivity index (χ0) is 13.0. The first-order valence-electron chi connectivity index (χ1n) is 6.50. The fourth-order valence-electron chi connectivity index (χ4n) is 2.28. The van der Waals surface area contributed by atoms with Crippen LogP contribution in [0.25, 0.3) is 0 Å². The third-order valence-corrected chi connectivity index (χ3v) is 4.13. The molecular weight excluding hydrogens is 250 g/mol. The Morgan fingerprint density at radius 2 is 2.17 bits per heavy atom. The maximum atomic E-state index is 9.46. The van der Waals surface area contributed by atoms with E-state index in [4.69, 9.17) is 10.5 Å². The molecule has 0 aromatic carbocycles. The Labute approximate surface area is 112 Å². The molecule has 18 heavy (non-hydrogen) atoms. The van der Waals surface area contributed by atoms with Gasteiger partial charge in [-0.3, -0.25) is 0 Å². The van der Waals surface area contributed by atoms with Gasteiger partial charge in [-0.1, -0.05) is 0 Å². The van der Waals surface area contributed by atoms with E-state index in [1.807, 2.05) is 6.92 Å². The number of nitrogens with one attached hydrogen (secondary N) is 1. The van der Waals surface area contributed by atoms with Crippen LogP contribution in [-0.2, 0) is 0 Å². The third-order valence-electron chi connectivity index (χ3n) is 3.33. The molecule has 4 N–H and O–H groups in total. The Kier molecular flexibility index (Phi) is 4.66. The lowest BCUT2D eigenvalue weighted by molar-refractivity contribution is 0.111. The van der Waals surface area contributed by atoms with Gasteiger partial charge in [-0.25, -0.2) is 0 Å². The van der Waals surface area contributed by atoms with E-state index in [0.29, 0.717) is 24.1 Å². The first kappa shape index (κ1) is 13.4. The minimum atomic E-state index is -0.0979. The van der Waals surface area contributed by atoms with E-state index in [1.54, 1.807) is 0 Å². The van der Waals surface area contributed by atoms with Gasteiger partial charge in [0.1, 0.15) is 0 Å². The van der Waals surface area contributed by atoms with Crippen LogP contribution in [0.5, 0.6) is 5.75 Å². The Balaban J connectivity index is 1.86. The lowest BCUT2D eigenvalue weighted by atomic mass is 9.87. The van der Waals surface area contributed by atoms with Crippen molar-refractivity contribution in [3.63, 3.8) is 0 Å². The normalized spacial score (nSPS) is 23.9. The second-order valence-corrected chi connectivity index (χ2v) is 5.49. The zero-order valence-corrected chi connectivity index (χ0v) is 11.5. The van der Waals surface area contributed by atoms with Gasteiger partial charge in [-0.05, 0) is 50.1 Å². The van der Waals surface area contributed by atoms with Crippen molar-refractivity contribution in [1.82, 2.24) is 4.37 Å². The lowest BCUT2D eigenvalue weighted by Crippen LogP contribution is -2.23. The molecular formula is C12H21N3O2S. The molecule has 0 spiro atoms. The summed E-state index contributed by atoms with van der Waals surface area (Å²) in [6, 6.07) is 0. The van der Waals surface area contributed by atoms with Crippen LogP contribution in [0.3, 0.4) is 0 Å². The van der Waals surface area contributed by atoms with Crippen LogP contribution < -0.4 is 15.8 Å². The largest absolute Gasteiger partial charge is 0.487 e. The highest BCUT2D eigenvalue weighted by atomic mass is 32.1. The van der Waals surface area contributed by atoms with E-state index in [0.717, 1.165) is 37.2 Å². The summed E-state index contributed by atoms with van der Waals surface area (Å²) in [6.45, 7) is 3.42. The fourth-order valence-corrected chi connectivity index (χ4v) is 2.94. The molecule has 1 aromatic heterocycles. The number of aliphatic hydroxyl groups is 1. The number of aromatic nitrogens is 1. The number of nitrogens with zero attached hydrogens (tertiary/aromatic N) is 1. The van der Waals surface area contributed by atoms with Gasteiger partial charge in [0.05, 0.1) is 12.7 Å². The highest BCUT2D eigenvalue weighted by Gasteiger charge is 2.20. The van der Waals surface area contributed by atoms with Gasteiger partial charge in [0, 0.05) is 6.54 Å². The molecule has 6 heteroatoms. The SMILES string of the molecule is CCOc1c(N)nsc1NCC1CCC(O)CC1. The fraction of sp³-hybridized carbons (Fsp3) is 0.750. The summed E-state index contributed by atoms with van der Waals surface area (Å²) >= 11 is 1.34. The first-order valence-corrected chi connectivity index (χ1v) is 7.28. The predicted octanol–water partition coefficient (Wildman–Crippen LogP) is 2.09. The topological polar surface area (TPSA) is 80.4 Å². The van der Waals surface area contributed by atoms with E-state index < -0.39 is 0 Å². The molecule has 1 aliphatic rings. The monoisotopic (exact) mass is 271 g/mol. The van der Waals surface area contributed by atoms with Crippen molar-refractivity contribution < 1.29 is 9.84 Å². The molecule has 1 saturated carbocycles. The molecule has 2 rings (SSSR count). The average Bonchev–Trinajstić information content (AvgIpc) is 2.71. The summed E-state index contributed by atoms with van der Waals surface area (Å²) in [5.41, 5.74) is 5.76. The van der Waals surface area contributed by atoms with Crippen molar-refractivity contribution in [1.29, 1.82) is 0 Å². The zero-order valence-electron chi connectivity index (χ0n) is 10.7. The molecule has 1 fully saturated rings. The van der Waals surface area contributed by atoms with Crippen LogP contribution in [0.15, 0.2) is 0 Å². The molecule has 0 atom stereocenters. The van der Waals surface area contributed by atoms with Gasteiger partial charge in [0.25, 0.3) is 0 Å². The van der Waals surface area contributed by atoms with E-state index in [-0.39, 0.29) is 6.10 Å². The van der Waals surface area contributed by atoms with Gasteiger partial charge >= 0.3 is 0 Å². The maximum Gasteiger partial charge on any atom is 0.197 e. The molecule has 1 aromatic rings. The summed E-state index contributed by atoms with van der Waals surface area (Å²) in [4.78, 5) is 0. The van der Waals surface area contributed by atoms with Crippen LogP contribution in [0.2, 0.25) is 0 Å². The van der Waals surface area contributed by atoms with Crippen LogP contribution >= 0.6 is 11.5 Å². The Morgan fingerprint density at radius 1 is 1.44 bits per heavy atom. The quantitative estimate of drug-likeness (QED) is 0.764. The summed E-state index contributed by atoms with van der Waals surface area (Å²) in [5.74, 6) is 1.76. The number of ether oxygens (including phenoxy) is 1. The molecule has 1 heterocycles. The van der Waals surface area contributed by atoms with E-state index in [1.165, 1.54) is 11.5 Å². The molecule has 0 radical (unpaired) electrons. The molecule has 0 aliphatic heterocycles. The van der Waals surface area contributed by atoms with Gasteiger partial charge in [0.15, 0.2) is 16.6 Å². The minimum Gasteiger partial charge on any atom is -0.487 e. The van der Waals surface area contributed by atoms with E-state index in [9.17, 15) is 5.11 Å². The number of aliphatic hydroxyl groups excluding tert-OH is 1. The molecule has 0 unspecified atom stereocenters. The third kappa shape index (κ3) is 3.26. The first-order chi connectivity index (χ1) is 8.70. The summed E-state index contributed by atoms with van der Waals surface area (Å²) in [7, 11) is 0. The number of nitrogens with two attached hydrogens (primary N) is 1. The molecule has 1 aliphatic carbocycles. The van der Waals surface area contributed by atoms with Gasteiger partial charge in [-0.15, -0.1) is 0 Å². The summed E-state index contributed by atoms with van der Waals surface area (Å²) < 4.78 is 9.59. The maximum absolute atomic E-state index is 9.46. The Bertz CT molecular complexity index is 375. The second-order valence-electron chi connectivity index (χ2n) is 4.71. The Morgan fingerprint density at radius 3 is 2.83 bits per heavy atom. The second kappa shape index (κ2) is 6.24. The highest BCUT2D eigenvalue weighted by Crippen LogP contribution is 2.35. The number of rotatable bonds is 5. The van der Waals surface area contributed by atoms with Crippen LogP contribution in [0, 0.1) is 5.92 Å². The summed E-state index contributed by atoms with van der Waals surface area (Å²) in [5, 5.41) is 13.8. The summed E-state index contributed by atoms with van der Waals surface area (Å²) in [6.07, 6.45) is 3.88. The van der Waals surface area contributed by atoms with Crippen molar-refractivity contribution in [3.05, 3.63) is 0 Å². The van der Waals surface area contributed by atoms with Crippen molar-refractivity contribution in [2.45, 2.75) is 38.7 Å². The van der Waals surface area contributed by atoms with Crippen LogP contribution in [-0.4, -0.2) is 28.7 Å². The van der Waals surface area contributed by atoms with Gasteiger partial charge in [-0.2, -0.15) is 4.37 Å². The van der Waals surface area contributed by atoms with E-state index >= 15 is 0 Å². The average molecular weight is 271 g/mol. The van der Waals surface area contributed by atoms with E-state index in [2.05, 4.69) is 9.69 Å². The predicted molar refractivity (Wildman–Crippen MR) is 74.1 cm³/mol. The Hall–Kier alpha value is -1.01. The van der Waals surface area contributed by atoms with Crippen molar-refractivity contribution in [2.24, 2.45) is 5.92 Å². The lowest BCUT2D eigenvalue weighted by Gasteiger charge is -2.25. The molecule has 102 valence electrons. The molecule has 0 bridgehead atoms. The van der Waals surface area contributed by atoms with Crippen molar-refractivity contribution in [2.75, 3.05) is 24.2 Å². The standard InChI is InChI=1S/C12H21N3O2S/c1-2-17-10-11(13)15-18-12(10)14-7-8-3-5-9(16)6-4-8/h8-9,14,16H,2-7H2,1H3,(H2,13,15). The number of hydrogen-bond acceptors (Lipinski definition) is 6. The smallest absolute Gasteiger partial charge is 0.197 e. The number of nitrogen functional groups attached to an aromatic ring is 1. The number of hydrogen-bond donors (Lipinski definition) is 3. The minimum absolute atomic E-state index is 0.0979. The van der Waals surface area contributed by atoms with Crippen molar-refractivity contribution in [3.8, 4) is 5.75 Å². The van der Waals surface area contributed by atoms with Gasteiger partial charge in [0.2, 0.25) is 0 Å². The molecule has 0 amide bonds. The molecule has 5 nitrogen and oxygen atoms in total. The molecule has 0 saturated heterocycles. The van der Waals surface area contributed by atoms with Crippen molar-refractivity contribution >= 4 is 22.4 Å².